The summed E-state index contributed by atoms with van der Waals surface area (Å²) in [5.41, 5.74) is 0.679. The van der Waals surface area contributed by atoms with Gasteiger partial charge in [-0.2, -0.15) is 10.1 Å². The molecule has 0 aliphatic rings. The van der Waals surface area contributed by atoms with Crippen LogP contribution in [0.25, 0.3) is 0 Å². The maximum Gasteiger partial charge on any atom is 0.244 e. The summed E-state index contributed by atoms with van der Waals surface area (Å²) >= 11 is 0. The molecule has 0 saturated carbocycles. The van der Waals surface area contributed by atoms with Crippen LogP contribution in [-0.4, -0.2) is 34.8 Å². The molecule has 0 fully saturated rings. The van der Waals surface area contributed by atoms with Gasteiger partial charge in [-0.15, -0.1) is 5.10 Å². The van der Waals surface area contributed by atoms with Crippen LogP contribution in [0.1, 0.15) is 19.4 Å². The van der Waals surface area contributed by atoms with Gasteiger partial charge in [0.05, 0.1) is 6.20 Å². The molecular formula is C15H20FN5. The zero-order valence-electron chi connectivity index (χ0n) is 12.4. The average molecular weight is 289 g/mol. The first kappa shape index (κ1) is 15.2. The lowest BCUT2D eigenvalue weighted by Crippen LogP contribution is -2.24. The predicted molar refractivity (Wildman–Crippen MR) is 82.0 cm³/mol. The van der Waals surface area contributed by atoms with E-state index in [1.165, 1.54) is 6.07 Å². The molecule has 2 rings (SSSR count). The number of anilines is 2. The second-order valence-corrected chi connectivity index (χ2v) is 4.58. The highest BCUT2D eigenvalue weighted by molar-refractivity contribution is 5.39. The Morgan fingerprint density at radius 2 is 1.95 bits per heavy atom. The van der Waals surface area contributed by atoms with Gasteiger partial charge in [-0.05, 0) is 31.9 Å². The van der Waals surface area contributed by atoms with E-state index in [0.29, 0.717) is 24.5 Å². The van der Waals surface area contributed by atoms with Crippen LogP contribution in [0.5, 0.6) is 0 Å². The summed E-state index contributed by atoms with van der Waals surface area (Å²) in [5, 5.41) is 11.0. The van der Waals surface area contributed by atoms with Crippen molar-refractivity contribution in [1.82, 2.24) is 15.2 Å². The van der Waals surface area contributed by atoms with Crippen molar-refractivity contribution in [2.24, 2.45) is 0 Å². The van der Waals surface area contributed by atoms with Gasteiger partial charge in [0.2, 0.25) is 5.95 Å². The molecule has 0 unspecified atom stereocenters. The number of rotatable bonds is 7. The van der Waals surface area contributed by atoms with Crippen LogP contribution in [0.3, 0.4) is 0 Å². The second kappa shape index (κ2) is 7.52. The van der Waals surface area contributed by atoms with Crippen molar-refractivity contribution in [1.29, 1.82) is 0 Å². The van der Waals surface area contributed by atoms with Crippen molar-refractivity contribution >= 4 is 11.8 Å². The minimum Gasteiger partial charge on any atom is -0.356 e. The van der Waals surface area contributed by atoms with E-state index >= 15 is 0 Å². The van der Waals surface area contributed by atoms with Crippen LogP contribution in [0.15, 0.2) is 30.5 Å². The maximum absolute atomic E-state index is 13.5. The van der Waals surface area contributed by atoms with E-state index in [1.807, 2.05) is 6.07 Å². The van der Waals surface area contributed by atoms with Crippen molar-refractivity contribution in [3.8, 4) is 0 Å². The van der Waals surface area contributed by atoms with Gasteiger partial charge >= 0.3 is 0 Å². The first-order valence-corrected chi connectivity index (χ1v) is 7.16. The lowest BCUT2D eigenvalue weighted by molar-refractivity contribution is 0.610. The number of halogens is 1. The minimum atomic E-state index is -0.185. The Morgan fingerprint density at radius 1 is 1.19 bits per heavy atom. The van der Waals surface area contributed by atoms with Gasteiger partial charge in [-0.25, -0.2) is 4.39 Å². The lowest BCUT2D eigenvalue weighted by Gasteiger charge is -2.19. The van der Waals surface area contributed by atoms with Gasteiger partial charge < -0.3 is 10.2 Å². The van der Waals surface area contributed by atoms with Crippen LogP contribution < -0.4 is 10.2 Å². The molecule has 1 heterocycles. The van der Waals surface area contributed by atoms with Crippen LogP contribution in [0.2, 0.25) is 0 Å². The smallest absolute Gasteiger partial charge is 0.244 e. The number of benzene rings is 1. The third-order valence-corrected chi connectivity index (χ3v) is 3.27. The van der Waals surface area contributed by atoms with Crippen molar-refractivity contribution in [2.75, 3.05) is 29.9 Å². The van der Waals surface area contributed by atoms with Crippen LogP contribution in [0.4, 0.5) is 16.2 Å². The topological polar surface area (TPSA) is 53.9 Å². The molecule has 0 aliphatic carbocycles. The molecule has 1 N–H and O–H groups in total. The molecule has 1 aromatic heterocycles. The van der Waals surface area contributed by atoms with Crippen LogP contribution in [0, 0.1) is 5.82 Å². The molecule has 0 saturated heterocycles. The summed E-state index contributed by atoms with van der Waals surface area (Å²) in [6, 6.07) is 6.77. The van der Waals surface area contributed by atoms with Gasteiger partial charge in [0.15, 0.2) is 5.82 Å². The Hall–Kier alpha value is -2.24. The molecule has 0 aliphatic heterocycles. The first-order chi connectivity index (χ1) is 10.2. The summed E-state index contributed by atoms with van der Waals surface area (Å²) in [5.74, 6) is 1.08. The molecule has 21 heavy (non-hydrogen) atoms. The fourth-order valence-electron chi connectivity index (χ4n) is 2.08. The molecule has 6 heteroatoms. The van der Waals surface area contributed by atoms with Crippen LogP contribution in [-0.2, 0) is 6.42 Å². The van der Waals surface area contributed by atoms with Gasteiger partial charge in [0.25, 0.3) is 0 Å². The maximum atomic E-state index is 13.5. The predicted octanol–water partition coefficient (Wildman–Crippen LogP) is 2.51. The Labute approximate surface area is 124 Å². The number of nitrogens with zero attached hydrogens (tertiary/aromatic N) is 4. The summed E-state index contributed by atoms with van der Waals surface area (Å²) < 4.78 is 13.5. The Morgan fingerprint density at radius 3 is 2.67 bits per heavy atom. The van der Waals surface area contributed by atoms with Crippen molar-refractivity contribution in [2.45, 2.75) is 20.3 Å². The van der Waals surface area contributed by atoms with Crippen molar-refractivity contribution in [3.63, 3.8) is 0 Å². The highest BCUT2D eigenvalue weighted by Crippen LogP contribution is 2.11. The zero-order valence-corrected chi connectivity index (χ0v) is 12.4. The van der Waals surface area contributed by atoms with E-state index in [1.54, 1.807) is 18.3 Å². The Bertz CT molecular complexity index is 571. The normalized spacial score (nSPS) is 10.4. The molecule has 0 bridgehead atoms. The molecule has 1 aromatic carbocycles. The van der Waals surface area contributed by atoms with Gasteiger partial charge in [0.1, 0.15) is 5.82 Å². The molecule has 0 atom stereocenters. The summed E-state index contributed by atoms with van der Waals surface area (Å²) in [4.78, 5) is 6.51. The van der Waals surface area contributed by atoms with Gasteiger partial charge in [0, 0.05) is 19.6 Å². The summed E-state index contributed by atoms with van der Waals surface area (Å²) in [7, 11) is 0. The summed E-state index contributed by atoms with van der Waals surface area (Å²) in [6.45, 7) is 6.42. The minimum absolute atomic E-state index is 0.185. The molecule has 0 spiro atoms. The van der Waals surface area contributed by atoms with Gasteiger partial charge in [-0.1, -0.05) is 18.2 Å². The van der Waals surface area contributed by atoms with E-state index in [2.05, 4.69) is 39.2 Å². The van der Waals surface area contributed by atoms with Crippen molar-refractivity contribution < 1.29 is 4.39 Å². The number of hydrogen-bond donors (Lipinski definition) is 1. The Kier molecular flexibility index (Phi) is 5.43. The summed E-state index contributed by atoms with van der Waals surface area (Å²) in [6.07, 6.45) is 2.22. The monoisotopic (exact) mass is 289 g/mol. The highest BCUT2D eigenvalue weighted by Gasteiger charge is 2.06. The molecule has 112 valence electrons. The fourth-order valence-corrected chi connectivity index (χ4v) is 2.08. The molecule has 5 nitrogen and oxygen atoms in total. The van der Waals surface area contributed by atoms with Crippen LogP contribution >= 0.6 is 0 Å². The third kappa shape index (κ3) is 4.11. The number of hydrogen-bond acceptors (Lipinski definition) is 5. The number of aromatic nitrogens is 3. The van der Waals surface area contributed by atoms with Gasteiger partial charge in [-0.3, -0.25) is 0 Å². The first-order valence-electron chi connectivity index (χ1n) is 7.16. The second-order valence-electron chi connectivity index (χ2n) is 4.58. The Balaban J connectivity index is 1.94. The fraction of sp³-hybridized carbons (Fsp3) is 0.400. The van der Waals surface area contributed by atoms with E-state index in [0.717, 1.165) is 18.9 Å². The van der Waals surface area contributed by atoms with E-state index in [-0.39, 0.29) is 5.82 Å². The highest BCUT2D eigenvalue weighted by atomic mass is 19.1. The molecule has 2 aromatic rings. The lowest BCUT2D eigenvalue weighted by atomic mass is 10.1. The van der Waals surface area contributed by atoms with Crippen molar-refractivity contribution in [3.05, 3.63) is 41.8 Å². The molecule has 0 amide bonds. The van der Waals surface area contributed by atoms with E-state index in [9.17, 15) is 4.39 Å². The van der Waals surface area contributed by atoms with E-state index in [4.69, 9.17) is 0 Å². The SMILES string of the molecule is CCN(CC)c1cnnc(NCCc2ccccc2F)n1. The number of nitrogens with one attached hydrogen (secondary N) is 1. The standard InChI is InChI=1S/C15H20FN5/c1-3-21(4-2)14-11-18-20-15(19-14)17-10-9-12-7-5-6-8-13(12)16/h5-8,11H,3-4,9-10H2,1-2H3,(H,17,19,20). The quantitative estimate of drug-likeness (QED) is 0.849. The molecular weight excluding hydrogens is 269 g/mol. The van der Waals surface area contributed by atoms with E-state index < -0.39 is 0 Å². The molecule has 0 radical (unpaired) electrons. The third-order valence-electron chi connectivity index (χ3n) is 3.27. The zero-order chi connectivity index (χ0) is 15.1. The largest absolute Gasteiger partial charge is 0.356 e. The average Bonchev–Trinajstić information content (AvgIpc) is 2.51.